The van der Waals surface area contributed by atoms with Gasteiger partial charge < -0.3 is 4.90 Å². The quantitative estimate of drug-likeness (QED) is 0.478. The Morgan fingerprint density at radius 1 is 1.67 bits per heavy atom. The minimum absolute atomic E-state index is 0.0608. The molecule has 0 bridgehead atoms. The molecule has 0 spiro atoms. The molecular weight excluding hydrogens is 112 g/mol. The first-order chi connectivity index (χ1) is 4.16. The van der Waals surface area contributed by atoms with Crippen LogP contribution in [-0.2, 0) is 0 Å². The second kappa shape index (κ2) is 2.00. The summed E-state index contributed by atoms with van der Waals surface area (Å²) >= 11 is 0. The van der Waals surface area contributed by atoms with Crippen LogP contribution in [0.4, 0.5) is 0 Å². The van der Waals surface area contributed by atoms with E-state index in [1.807, 2.05) is 6.92 Å². The van der Waals surface area contributed by atoms with Gasteiger partial charge in [-0.05, 0) is 26.9 Å². The van der Waals surface area contributed by atoms with Crippen LogP contribution in [0, 0.1) is 16.7 Å². The first kappa shape index (κ1) is 6.57. The van der Waals surface area contributed by atoms with E-state index in [2.05, 4.69) is 18.0 Å². The monoisotopic (exact) mass is 124 g/mol. The molecule has 2 heteroatoms. The average molecular weight is 124 g/mol. The van der Waals surface area contributed by atoms with E-state index in [0.29, 0.717) is 0 Å². The highest BCUT2D eigenvalue weighted by molar-refractivity contribution is 5.01. The number of nitriles is 1. The lowest BCUT2D eigenvalue weighted by atomic mass is 9.92. The van der Waals surface area contributed by atoms with Gasteiger partial charge in [0, 0.05) is 6.54 Å². The first-order valence-electron chi connectivity index (χ1n) is 3.26. The zero-order valence-electron chi connectivity index (χ0n) is 6.02. The molecular formula is C7H12N2. The Balaban J connectivity index is 2.58. The van der Waals surface area contributed by atoms with Crippen molar-refractivity contribution in [3.8, 4) is 6.07 Å². The standard InChI is InChI=1S/C7H12N2/c1-7(5-8)3-4-9(2)6-7/h3-4,6H2,1-2H3/t7-/m1/s1. The van der Waals surface area contributed by atoms with Crippen molar-refractivity contribution in [3.05, 3.63) is 0 Å². The Bertz CT molecular complexity index is 147. The molecule has 1 rings (SSSR count). The summed E-state index contributed by atoms with van der Waals surface area (Å²) in [7, 11) is 2.06. The normalized spacial score (nSPS) is 36.6. The summed E-state index contributed by atoms with van der Waals surface area (Å²) in [6.45, 7) is 4.03. The predicted octanol–water partition coefficient (Wildman–Crippen LogP) is 0.852. The summed E-state index contributed by atoms with van der Waals surface area (Å²) in [5.41, 5.74) is -0.0608. The lowest BCUT2D eigenvalue weighted by molar-refractivity contribution is 0.371. The fourth-order valence-electron chi connectivity index (χ4n) is 1.28. The lowest BCUT2D eigenvalue weighted by Crippen LogP contribution is -2.19. The molecule has 1 aliphatic heterocycles. The minimum atomic E-state index is -0.0608. The summed E-state index contributed by atoms with van der Waals surface area (Å²) in [6.07, 6.45) is 1.03. The summed E-state index contributed by atoms with van der Waals surface area (Å²) in [5.74, 6) is 0. The van der Waals surface area contributed by atoms with E-state index in [-0.39, 0.29) is 5.41 Å². The Hall–Kier alpha value is -0.550. The molecule has 1 fully saturated rings. The van der Waals surface area contributed by atoms with Gasteiger partial charge in [0.15, 0.2) is 0 Å². The summed E-state index contributed by atoms with van der Waals surface area (Å²) in [6, 6.07) is 2.33. The maximum absolute atomic E-state index is 8.67. The highest BCUT2D eigenvalue weighted by Gasteiger charge is 2.31. The third kappa shape index (κ3) is 1.22. The third-order valence-electron chi connectivity index (χ3n) is 1.93. The fraction of sp³-hybridized carbons (Fsp3) is 0.857. The van der Waals surface area contributed by atoms with Crippen molar-refractivity contribution in [2.24, 2.45) is 5.41 Å². The summed E-state index contributed by atoms with van der Waals surface area (Å²) in [5, 5.41) is 8.67. The molecule has 1 saturated heterocycles. The molecule has 50 valence electrons. The van der Waals surface area contributed by atoms with Crippen molar-refractivity contribution >= 4 is 0 Å². The largest absolute Gasteiger partial charge is 0.305 e. The molecule has 0 N–H and O–H groups in total. The van der Waals surface area contributed by atoms with Gasteiger partial charge in [-0.15, -0.1) is 0 Å². The smallest absolute Gasteiger partial charge is 0.0700 e. The van der Waals surface area contributed by atoms with Gasteiger partial charge in [-0.1, -0.05) is 0 Å². The van der Waals surface area contributed by atoms with Gasteiger partial charge in [0.1, 0.15) is 0 Å². The summed E-state index contributed by atoms with van der Waals surface area (Å²) < 4.78 is 0. The van der Waals surface area contributed by atoms with Crippen molar-refractivity contribution in [1.82, 2.24) is 4.90 Å². The molecule has 1 atom stereocenters. The van der Waals surface area contributed by atoms with Crippen molar-refractivity contribution in [1.29, 1.82) is 5.26 Å². The van der Waals surface area contributed by atoms with Gasteiger partial charge in [-0.3, -0.25) is 0 Å². The van der Waals surface area contributed by atoms with Crippen molar-refractivity contribution in [3.63, 3.8) is 0 Å². The molecule has 1 aliphatic rings. The molecule has 0 aromatic rings. The van der Waals surface area contributed by atoms with Crippen LogP contribution < -0.4 is 0 Å². The first-order valence-corrected chi connectivity index (χ1v) is 3.26. The lowest BCUT2D eigenvalue weighted by Gasteiger charge is -2.12. The maximum atomic E-state index is 8.67. The molecule has 0 aromatic heterocycles. The predicted molar refractivity (Wildman–Crippen MR) is 35.8 cm³/mol. The van der Waals surface area contributed by atoms with Crippen LogP contribution in [0.2, 0.25) is 0 Å². The van der Waals surface area contributed by atoms with Crippen LogP contribution in [0.5, 0.6) is 0 Å². The SMILES string of the molecule is CN1CC[C@](C)(C#N)C1. The molecule has 1 heterocycles. The van der Waals surface area contributed by atoms with Crippen molar-refractivity contribution in [2.75, 3.05) is 20.1 Å². The molecule has 0 aliphatic carbocycles. The number of nitrogens with zero attached hydrogens (tertiary/aromatic N) is 2. The molecule has 0 amide bonds. The van der Waals surface area contributed by atoms with Crippen LogP contribution in [0.15, 0.2) is 0 Å². The second-order valence-electron chi connectivity index (χ2n) is 3.16. The van der Waals surface area contributed by atoms with Crippen LogP contribution in [0.25, 0.3) is 0 Å². The second-order valence-corrected chi connectivity index (χ2v) is 3.16. The molecule has 0 saturated carbocycles. The van der Waals surface area contributed by atoms with Crippen LogP contribution in [0.3, 0.4) is 0 Å². The fourth-order valence-corrected chi connectivity index (χ4v) is 1.28. The topological polar surface area (TPSA) is 27.0 Å². The van der Waals surface area contributed by atoms with E-state index < -0.39 is 0 Å². The van der Waals surface area contributed by atoms with E-state index >= 15 is 0 Å². The molecule has 0 radical (unpaired) electrons. The highest BCUT2D eigenvalue weighted by atomic mass is 15.1. The third-order valence-corrected chi connectivity index (χ3v) is 1.93. The Kier molecular flexibility index (Phi) is 1.46. The number of likely N-dealkylation sites (tertiary alicyclic amines) is 1. The molecule has 0 aromatic carbocycles. The van der Waals surface area contributed by atoms with E-state index in [9.17, 15) is 0 Å². The molecule has 0 unspecified atom stereocenters. The van der Waals surface area contributed by atoms with Gasteiger partial charge in [-0.25, -0.2) is 0 Å². The number of hydrogen-bond donors (Lipinski definition) is 0. The highest BCUT2D eigenvalue weighted by Crippen LogP contribution is 2.27. The van der Waals surface area contributed by atoms with E-state index in [0.717, 1.165) is 19.5 Å². The Labute approximate surface area is 56.1 Å². The van der Waals surface area contributed by atoms with E-state index in [1.165, 1.54) is 0 Å². The number of rotatable bonds is 0. The van der Waals surface area contributed by atoms with Crippen LogP contribution in [0.1, 0.15) is 13.3 Å². The van der Waals surface area contributed by atoms with Gasteiger partial charge in [0.2, 0.25) is 0 Å². The zero-order chi connectivity index (χ0) is 6.91. The molecule has 9 heavy (non-hydrogen) atoms. The van der Waals surface area contributed by atoms with Gasteiger partial charge >= 0.3 is 0 Å². The minimum Gasteiger partial charge on any atom is -0.305 e. The summed E-state index contributed by atoms with van der Waals surface area (Å²) in [4.78, 5) is 2.20. The van der Waals surface area contributed by atoms with E-state index in [4.69, 9.17) is 5.26 Å². The number of hydrogen-bond acceptors (Lipinski definition) is 2. The van der Waals surface area contributed by atoms with Gasteiger partial charge in [0.25, 0.3) is 0 Å². The van der Waals surface area contributed by atoms with Crippen molar-refractivity contribution in [2.45, 2.75) is 13.3 Å². The average Bonchev–Trinajstić information content (AvgIpc) is 2.13. The van der Waals surface area contributed by atoms with Crippen LogP contribution >= 0.6 is 0 Å². The van der Waals surface area contributed by atoms with Crippen LogP contribution in [-0.4, -0.2) is 25.0 Å². The van der Waals surface area contributed by atoms with Gasteiger partial charge in [-0.2, -0.15) is 5.26 Å². The van der Waals surface area contributed by atoms with Crippen molar-refractivity contribution < 1.29 is 0 Å². The van der Waals surface area contributed by atoms with Gasteiger partial charge in [0.05, 0.1) is 11.5 Å². The van der Waals surface area contributed by atoms with E-state index in [1.54, 1.807) is 0 Å². The molecule has 2 nitrogen and oxygen atoms in total. The maximum Gasteiger partial charge on any atom is 0.0700 e. The zero-order valence-corrected chi connectivity index (χ0v) is 6.02. The Morgan fingerprint density at radius 3 is 2.56 bits per heavy atom. The Morgan fingerprint density at radius 2 is 2.33 bits per heavy atom.